The van der Waals surface area contributed by atoms with Crippen LogP contribution in [0.3, 0.4) is 0 Å². The fraction of sp³-hybridized carbons (Fsp3) is 0.316. The molecule has 1 atom stereocenters. The first kappa shape index (κ1) is 17.8. The SMILES string of the molecule is COc1ccc(OCCN(C)C(=O)C(N)c2ccc(C)cc2)cc1. The molecule has 0 fully saturated rings. The van der Waals surface area contributed by atoms with Gasteiger partial charge in [-0.15, -0.1) is 0 Å². The third kappa shape index (κ3) is 4.73. The molecule has 2 rings (SSSR count). The van der Waals surface area contributed by atoms with E-state index in [1.807, 2.05) is 55.5 Å². The molecule has 0 aliphatic heterocycles. The van der Waals surface area contributed by atoms with E-state index in [1.54, 1.807) is 19.1 Å². The number of benzene rings is 2. The Balaban J connectivity index is 1.83. The largest absolute Gasteiger partial charge is 0.497 e. The Kier molecular flexibility index (Phi) is 6.21. The standard InChI is InChI=1S/C19H24N2O3/c1-14-4-6-15(7-5-14)18(20)19(22)21(2)12-13-24-17-10-8-16(23-3)9-11-17/h4-11,18H,12-13,20H2,1-3H3. The van der Waals surface area contributed by atoms with Crippen molar-refractivity contribution in [1.29, 1.82) is 0 Å². The van der Waals surface area contributed by atoms with E-state index in [4.69, 9.17) is 15.2 Å². The molecule has 5 nitrogen and oxygen atoms in total. The molecule has 0 aromatic heterocycles. The molecule has 2 aromatic rings. The normalized spacial score (nSPS) is 11.7. The van der Waals surface area contributed by atoms with Gasteiger partial charge in [0.1, 0.15) is 24.1 Å². The second-order valence-electron chi connectivity index (χ2n) is 5.67. The maximum atomic E-state index is 12.4. The first-order valence-corrected chi connectivity index (χ1v) is 7.85. The molecule has 0 aliphatic rings. The van der Waals surface area contributed by atoms with Crippen molar-refractivity contribution in [3.63, 3.8) is 0 Å². The Bertz CT molecular complexity index is 653. The summed E-state index contributed by atoms with van der Waals surface area (Å²) in [6, 6.07) is 14.4. The zero-order valence-electron chi connectivity index (χ0n) is 14.4. The third-order valence-corrected chi connectivity index (χ3v) is 3.83. The Hall–Kier alpha value is -2.53. The molecule has 2 aromatic carbocycles. The number of hydrogen-bond donors (Lipinski definition) is 1. The highest BCUT2D eigenvalue weighted by Gasteiger charge is 2.19. The fourth-order valence-corrected chi connectivity index (χ4v) is 2.24. The maximum Gasteiger partial charge on any atom is 0.243 e. The van der Waals surface area contributed by atoms with Crippen LogP contribution < -0.4 is 15.2 Å². The van der Waals surface area contributed by atoms with Gasteiger partial charge in [0.2, 0.25) is 5.91 Å². The van der Waals surface area contributed by atoms with E-state index in [1.165, 1.54) is 0 Å². The monoisotopic (exact) mass is 328 g/mol. The maximum absolute atomic E-state index is 12.4. The van der Waals surface area contributed by atoms with Crippen LogP contribution in [0.1, 0.15) is 17.2 Å². The Morgan fingerprint density at radius 3 is 2.25 bits per heavy atom. The second kappa shape index (κ2) is 8.36. The Morgan fingerprint density at radius 2 is 1.67 bits per heavy atom. The van der Waals surface area contributed by atoms with Crippen LogP contribution in [0.15, 0.2) is 48.5 Å². The van der Waals surface area contributed by atoms with E-state index in [2.05, 4.69) is 0 Å². The van der Waals surface area contributed by atoms with Gasteiger partial charge in [-0.3, -0.25) is 4.79 Å². The summed E-state index contributed by atoms with van der Waals surface area (Å²) in [5.74, 6) is 1.38. The predicted octanol–water partition coefficient (Wildman–Crippen LogP) is 2.54. The fourth-order valence-electron chi connectivity index (χ4n) is 2.24. The summed E-state index contributed by atoms with van der Waals surface area (Å²) in [6.45, 7) is 2.86. The van der Waals surface area contributed by atoms with E-state index >= 15 is 0 Å². The van der Waals surface area contributed by atoms with Gasteiger partial charge in [0, 0.05) is 7.05 Å². The van der Waals surface area contributed by atoms with Crippen LogP contribution in [0.4, 0.5) is 0 Å². The third-order valence-electron chi connectivity index (χ3n) is 3.83. The molecule has 24 heavy (non-hydrogen) atoms. The average Bonchev–Trinajstić information content (AvgIpc) is 2.61. The number of aryl methyl sites for hydroxylation is 1. The number of ether oxygens (including phenoxy) is 2. The lowest BCUT2D eigenvalue weighted by atomic mass is 10.1. The van der Waals surface area contributed by atoms with Crippen molar-refractivity contribution in [3.8, 4) is 11.5 Å². The number of amides is 1. The Morgan fingerprint density at radius 1 is 1.08 bits per heavy atom. The number of carbonyl (C=O) groups excluding carboxylic acids is 1. The van der Waals surface area contributed by atoms with Gasteiger partial charge in [0.05, 0.1) is 13.7 Å². The molecule has 0 saturated heterocycles. The molecule has 0 heterocycles. The minimum atomic E-state index is -0.656. The molecule has 1 unspecified atom stereocenters. The summed E-state index contributed by atoms with van der Waals surface area (Å²) < 4.78 is 10.7. The zero-order valence-corrected chi connectivity index (χ0v) is 14.4. The molecule has 128 valence electrons. The van der Waals surface area contributed by atoms with E-state index in [0.29, 0.717) is 13.2 Å². The van der Waals surface area contributed by atoms with Crippen LogP contribution in [-0.4, -0.2) is 38.1 Å². The quantitative estimate of drug-likeness (QED) is 0.848. The van der Waals surface area contributed by atoms with E-state index in [0.717, 1.165) is 22.6 Å². The number of methoxy groups -OCH3 is 1. The van der Waals surface area contributed by atoms with Crippen molar-refractivity contribution in [2.24, 2.45) is 5.73 Å². The molecule has 0 spiro atoms. The molecule has 0 bridgehead atoms. The van der Waals surface area contributed by atoms with E-state index in [9.17, 15) is 4.79 Å². The highest BCUT2D eigenvalue weighted by atomic mass is 16.5. The second-order valence-corrected chi connectivity index (χ2v) is 5.67. The highest BCUT2D eigenvalue weighted by molar-refractivity contribution is 5.82. The molecular weight excluding hydrogens is 304 g/mol. The van der Waals surface area contributed by atoms with Gasteiger partial charge >= 0.3 is 0 Å². The molecule has 0 saturated carbocycles. The number of nitrogens with zero attached hydrogens (tertiary/aromatic N) is 1. The highest BCUT2D eigenvalue weighted by Crippen LogP contribution is 2.17. The lowest BCUT2D eigenvalue weighted by molar-refractivity contribution is -0.131. The number of rotatable bonds is 7. The van der Waals surface area contributed by atoms with Gasteiger partial charge in [0.15, 0.2) is 0 Å². The summed E-state index contributed by atoms with van der Waals surface area (Å²) in [5, 5.41) is 0. The molecule has 0 aliphatic carbocycles. The van der Waals surface area contributed by atoms with Gasteiger partial charge in [-0.05, 0) is 36.8 Å². The van der Waals surface area contributed by atoms with E-state index < -0.39 is 6.04 Å². The molecule has 0 radical (unpaired) electrons. The lowest BCUT2D eigenvalue weighted by Gasteiger charge is -2.21. The molecule has 1 amide bonds. The first-order valence-electron chi connectivity index (χ1n) is 7.85. The number of hydrogen-bond acceptors (Lipinski definition) is 4. The van der Waals surface area contributed by atoms with Crippen molar-refractivity contribution < 1.29 is 14.3 Å². The first-order chi connectivity index (χ1) is 11.5. The zero-order chi connectivity index (χ0) is 17.5. The number of carbonyl (C=O) groups is 1. The summed E-state index contributed by atoms with van der Waals surface area (Å²) in [4.78, 5) is 14.0. The van der Waals surface area contributed by atoms with Crippen LogP contribution in [0.2, 0.25) is 0 Å². The summed E-state index contributed by atoms with van der Waals surface area (Å²) >= 11 is 0. The molecule has 2 N–H and O–H groups in total. The average molecular weight is 328 g/mol. The minimum absolute atomic E-state index is 0.128. The van der Waals surface area contributed by atoms with Crippen molar-refractivity contribution in [3.05, 3.63) is 59.7 Å². The number of nitrogens with two attached hydrogens (primary N) is 1. The molecular formula is C19H24N2O3. The van der Waals surface area contributed by atoms with Crippen molar-refractivity contribution in [1.82, 2.24) is 4.90 Å². The van der Waals surface area contributed by atoms with Crippen LogP contribution in [0.5, 0.6) is 11.5 Å². The summed E-state index contributed by atoms with van der Waals surface area (Å²) in [5.41, 5.74) is 8.01. The lowest BCUT2D eigenvalue weighted by Crippen LogP contribution is -2.38. The van der Waals surface area contributed by atoms with Crippen LogP contribution in [-0.2, 0) is 4.79 Å². The predicted molar refractivity (Wildman–Crippen MR) is 94.2 cm³/mol. The van der Waals surface area contributed by atoms with Crippen LogP contribution in [0.25, 0.3) is 0 Å². The van der Waals surface area contributed by atoms with Crippen molar-refractivity contribution >= 4 is 5.91 Å². The van der Waals surface area contributed by atoms with Gasteiger partial charge in [-0.1, -0.05) is 29.8 Å². The topological polar surface area (TPSA) is 64.8 Å². The molecule has 5 heteroatoms. The van der Waals surface area contributed by atoms with Gasteiger partial charge in [0.25, 0.3) is 0 Å². The Labute approximate surface area is 143 Å². The van der Waals surface area contributed by atoms with Crippen molar-refractivity contribution in [2.45, 2.75) is 13.0 Å². The minimum Gasteiger partial charge on any atom is -0.497 e. The number of likely N-dealkylation sites (N-methyl/N-ethyl adjacent to an activating group) is 1. The van der Waals surface area contributed by atoms with Gasteiger partial charge in [-0.2, -0.15) is 0 Å². The summed E-state index contributed by atoms with van der Waals surface area (Å²) in [7, 11) is 3.35. The van der Waals surface area contributed by atoms with Crippen LogP contribution in [0, 0.1) is 6.92 Å². The smallest absolute Gasteiger partial charge is 0.243 e. The summed E-state index contributed by atoms with van der Waals surface area (Å²) in [6.07, 6.45) is 0. The van der Waals surface area contributed by atoms with E-state index in [-0.39, 0.29) is 5.91 Å². The van der Waals surface area contributed by atoms with Gasteiger partial charge in [-0.25, -0.2) is 0 Å². The van der Waals surface area contributed by atoms with Crippen molar-refractivity contribution in [2.75, 3.05) is 27.3 Å². The van der Waals surface area contributed by atoms with Gasteiger partial charge < -0.3 is 20.1 Å². The van der Waals surface area contributed by atoms with Crippen LogP contribution >= 0.6 is 0 Å².